The number of esters is 1. The van der Waals surface area contributed by atoms with Crippen LogP contribution in [0.25, 0.3) is 0 Å². The summed E-state index contributed by atoms with van der Waals surface area (Å²) in [5, 5.41) is 3.27. The Morgan fingerprint density at radius 2 is 2.00 bits per heavy atom. The molecular formula is C16H30N2O3. The lowest BCUT2D eigenvalue weighted by Gasteiger charge is -2.35. The average molecular weight is 298 g/mol. The van der Waals surface area contributed by atoms with Crippen LogP contribution < -0.4 is 5.32 Å². The van der Waals surface area contributed by atoms with Gasteiger partial charge < -0.3 is 19.7 Å². The third-order valence-electron chi connectivity index (χ3n) is 5.48. The fourth-order valence-corrected chi connectivity index (χ4v) is 4.06. The summed E-state index contributed by atoms with van der Waals surface area (Å²) in [5.74, 6) is 0.292. The van der Waals surface area contributed by atoms with Crippen LogP contribution in [0.1, 0.15) is 38.5 Å². The van der Waals surface area contributed by atoms with E-state index in [0.29, 0.717) is 12.0 Å². The Bertz CT molecular complexity index is 342. The van der Waals surface area contributed by atoms with Crippen molar-refractivity contribution in [3.05, 3.63) is 0 Å². The van der Waals surface area contributed by atoms with Gasteiger partial charge in [0.2, 0.25) is 0 Å². The van der Waals surface area contributed by atoms with Gasteiger partial charge in [-0.3, -0.25) is 4.79 Å². The predicted octanol–water partition coefficient (Wildman–Crippen LogP) is 1.42. The van der Waals surface area contributed by atoms with E-state index in [2.05, 4.69) is 10.2 Å². The van der Waals surface area contributed by atoms with E-state index < -0.39 is 5.54 Å². The van der Waals surface area contributed by atoms with Gasteiger partial charge in [-0.2, -0.15) is 0 Å². The quantitative estimate of drug-likeness (QED) is 0.752. The molecular weight excluding hydrogens is 268 g/mol. The molecule has 5 nitrogen and oxygen atoms in total. The van der Waals surface area contributed by atoms with Crippen LogP contribution in [-0.4, -0.2) is 63.4 Å². The van der Waals surface area contributed by atoms with Crippen molar-refractivity contribution in [2.45, 2.75) is 50.2 Å². The van der Waals surface area contributed by atoms with Crippen molar-refractivity contribution in [3.63, 3.8) is 0 Å². The highest BCUT2D eigenvalue weighted by atomic mass is 16.5. The van der Waals surface area contributed by atoms with E-state index in [1.807, 2.05) is 7.05 Å². The Morgan fingerprint density at radius 1 is 1.29 bits per heavy atom. The SMILES string of the molecule is CNC1(C(=O)OC)CCCC1CCN1CCC(OC)CC1. The first-order valence-corrected chi connectivity index (χ1v) is 8.18. The van der Waals surface area contributed by atoms with Crippen LogP contribution in [0.15, 0.2) is 0 Å². The summed E-state index contributed by atoms with van der Waals surface area (Å²) < 4.78 is 10.5. The molecule has 1 aliphatic carbocycles. The molecule has 5 heteroatoms. The molecule has 0 aromatic rings. The van der Waals surface area contributed by atoms with Gasteiger partial charge in [-0.05, 0) is 51.6 Å². The summed E-state index contributed by atoms with van der Waals surface area (Å²) in [6.07, 6.45) is 6.85. The first kappa shape index (κ1) is 16.7. The van der Waals surface area contributed by atoms with Crippen LogP contribution in [0.5, 0.6) is 0 Å². The largest absolute Gasteiger partial charge is 0.468 e. The highest BCUT2D eigenvalue weighted by molar-refractivity contribution is 5.81. The van der Waals surface area contributed by atoms with Crippen LogP contribution in [0, 0.1) is 5.92 Å². The lowest BCUT2D eigenvalue weighted by Crippen LogP contribution is -2.54. The van der Waals surface area contributed by atoms with E-state index in [4.69, 9.17) is 9.47 Å². The number of nitrogens with zero attached hydrogens (tertiary/aromatic N) is 1. The molecule has 2 fully saturated rings. The second kappa shape index (κ2) is 7.56. The number of piperidine rings is 1. The monoisotopic (exact) mass is 298 g/mol. The molecule has 0 aromatic heterocycles. The van der Waals surface area contributed by atoms with Gasteiger partial charge in [0, 0.05) is 20.2 Å². The lowest BCUT2D eigenvalue weighted by atomic mass is 9.84. The van der Waals surface area contributed by atoms with Crippen LogP contribution in [0.3, 0.4) is 0 Å². The molecule has 1 aliphatic heterocycles. The molecule has 0 bridgehead atoms. The predicted molar refractivity (Wildman–Crippen MR) is 82.2 cm³/mol. The Hall–Kier alpha value is -0.650. The molecule has 21 heavy (non-hydrogen) atoms. The van der Waals surface area contributed by atoms with Gasteiger partial charge in [-0.25, -0.2) is 0 Å². The third-order valence-corrected chi connectivity index (χ3v) is 5.48. The van der Waals surface area contributed by atoms with E-state index in [-0.39, 0.29) is 5.97 Å². The van der Waals surface area contributed by atoms with Crippen molar-refractivity contribution < 1.29 is 14.3 Å². The molecule has 0 amide bonds. The summed E-state index contributed by atoms with van der Waals surface area (Å²) in [7, 11) is 5.18. The topological polar surface area (TPSA) is 50.8 Å². The first-order chi connectivity index (χ1) is 10.2. The van der Waals surface area contributed by atoms with Crippen LogP contribution in [0.4, 0.5) is 0 Å². The molecule has 1 saturated heterocycles. The van der Waals surface area contributed by atoms with Gasteiger partial charge in [0.1, 0.15) is 5.54 Å². The fraction of sp³-hybridized carbons (Fsp3) is 0.938. The fourth-order valence-electron chi connectivity index (χ4n) is 4.06. The molecule has 2 aliphatic rings. The van der Waals surface area contributed by atoms with Crippen LogP contribution in [-0.2, 0) is 14.3 Å². The van der Waals surface area contributed by atoms with Crippen molar-refractivity contribution >= 4 is 5.97 Å². The number of methoxy groups -OCH3 is 2. The second-order valence-corrected chi connectivity index (χ2v) is 6.37. The molecule has 2 atom stereocenters. The van der Waals surface area contributed by atoms with Crippen molar-refractivity contribution in [1.82, 2.24) is 10.2 Å². The maximum absolute atomic E-state index is 12.2. The van der Waals surface area contributed by atoms with Gasteiger partial charge in [0.25, 0.3) is 0 Å². The van der Waals surface area contributed by atoms with E-state index >= 15 is 0 Å². The Morgan fingerprint density at radius 3 is 2.57 bits per heavy atom. The summed E-state index contributed by atoms with van der Waals surface area (Å²) in [4.78, 5) is 14.7. The number of hydrogen-bond acceptors (Lipinski definition) is 5. The number of nitrogens with one attached hydrogen (secondary N) is 1. The van der Waals surface area contributed by atoms with Gasteiger partial charge in [0.15, 0.2) is 0 Å². The highest BCUT2D eigenvalue weighted by Gasteiger charge is 2.48. The number of likely N-dealkylation sites (tertiary alicyclic amines) is 1. The number of likely N-dealkylation sites (N-methyl/N-ethyl adjacent to an activating group) is 1. The minimum atomic E-state index is -0.459. The highest BCUT2D eigenvalue weighted by Crippen LogP contribution is 2.38. The number of ether oxygens (including phenoxy) is 2. The maximum Gasteiger partial charge on any atom is 0.326 e. The molecule has 2 rings (SSSR count). The molecule has 122 valence electrons. The molecule has 0 spiro atoms. The summed E-state index contributed by atoms with van der Waals surface area (Å²) in [6, 6.07) is 0. The van der Waals surface area contributed by atoms with Crippen molar-refractivity contribution in [2.75, 3.05) is 40.9 Å². The Labute approximate surface area is 128 Å². The normalized spacial score (nSPS) is 31.5. The Kier molecular flexibility index (Phi) is 6.02. The number of carbonyl (C=O) groups excluding carboxylic acids is 1. The minimum Gasteiger partial charge on any atom is -0.468 e. The number of hydrogen-bond donors (Lipinski definition) is 1. The summed E-state index contributed by atoms with van der Waals surface area (Å²) in [6.45, 7) is 3.29. The number of rotatable bonds is 6. The molecule has 1 saturated carbocycles. The van der Waals surface area contributed by atoms with Gasteiger partial charge >= 0.3 is 5.97 Å². The zero-order valence-corrected chi connectivity index (χ0v) is 13.7. The van der Waals surface area contributed by atoms with E-state index in [1.165, 1.54) is 7.11 Å². The zero-order valence-electron chi connectivity index (χ0n) is 13.7. The first-order valence-electron chi connectivity index (χ1n) is 8.18. The van der Waals surface area contributed by atoms with E-state index in [1.54, 1.807) is 7.11 Å². The standard InChI is InChI=1S/C16H30N2O3/c1-17-16(15(19)21-3)9-4-5-13(16)6-10-18-11-7-14(20-2)8-12-18/h13-14,17H,4-12H2,1-3H3. The van der Waals surface area contributed by atoms with Gasteiger partial charge in [-0.1, -0.05) is 6.42 Å². The molecule has 1 N–H and O–H groups in total. The van der Waals surface area contributed by atoms with E-state index in [9.17, 15) is 4.79 Å². The minimum absolute atomic E-state index is 0.0920. The third kappa shape index (κ3) is 3.58. The molecule has 2 unspecified atom stereocenters. The van der Waals surface area contributed by atoms with E-state index in [0.717, 1.165) is 58.2 Å². The van der Waals surface area contributed by atoms with Gasteiger partial charge in [0.05, 0.1) is 13.2 Å². The average Bonchev–Trinajstić information content (AvgIpc) is 2.96. The summed E-state index contributed by atoms with van der Waals surface area (Å²) in [5.41, 5.74) is -0.459. The maximum atomic E-state index is 12.2. The van der Waals surface area contributed by atoms with Crippen LogP contribution >= 0.6 is 0 Å². The van der Waals surface area contributed by atoms with Crippen molar-refractivity contribution in [3.8, 4) is 0 Å². The molecule has 0 aromatic carbocycles. The zero-order chi connectivity index (χ0) is 15.3. The van der Waals surface area contributed by atoms with Crippen LogP contribution in [0.2, 0.25) is 0 Å². The molecule has 0 radical (unpaired) electrons. The smallest absolute Gasteiger partial charge is 0.326 e. The van der Waals surface area contributed by atoms with Crippen molar-refractivity contribution in [1.29, 1.82) is 0 Å². The number of carbonyl (C=O) groups is 1. The summed E-state index contributed by atoms with van der Waals surface area (Å²) >= 11 is 0. The molecule has 1 heterocycles. The second-order valence-electron chi connectivity index (χ2n) is 6.37. The lowest BCUT2D eigenvalue weighted by molar-refractivity contribution is -0.150. The van der Waals surface area contributed by atoms with Gasteiger partial charge in [-0.15, -0.1) is 0 Å². The van der Waals surface area contributed by atoms with Crippen molar-refractivity contribution in [2.24, 2.45) is 5.92 Å². The Balaban J connectivity index is 1.86.